The predicted molar refractivity (Wildman–Crippen MR) is 116 cm³/mol. The van der Waals surface area contributed by atoms with Crippen molar-refractivity contribution in [1.82, 2.24) is 0 Å². The third kappa shape index (κ3) is 6.97. The van der Waals surface area contributed by atoms with E-state index in [1.54, 1.807) is 0 Å². The van der Waals surface area contributed by atoms with Gasteiger partial charge in [-0.3, -0.25) is 9.59 Å². The van der Waals surface area contributed by atoms with E-state index in [1.807, 2.05) is 48.6 Å². The van der Waals surface area contributed by atoms with E-state index < -0.39 is 6.10 Å². The average Bonchev–Trinajstić information content (AvgIpc) is 3.00. The number of ketones is 1. The summed E-state index contributed by atoms with van der Waals surface area (Å²) in [6.45, 7) is 2.15. The number of rotatable bonds is 12. The fraction of sp³-hybridized carbons (Fsp3) is 0.520. The average molecular weight is 399 g/mol. The third-order valence-corrected chi connectivity index (χ3v) is 5.54. The van der Waals surface area contributed by atoms with Crippen molar-refractivity contribution in [3.63, 3.8) is 0 Å². The zero-order valence-electron chi connectivity index (χ0n) is 17.7. The highest BCUT2D eigenvalue weighted by molar-refractivity contribution is 6.03. The number of fused-ring (bicyclic) bond motifs is 1. The molecule has 4 nitrogen and oxygen atoms in total. The molecule has 1 aliphatic carbocycles. The van der Waals surface area contributed by atoms with Gasteiger partial charge >= 0.3 is 5.97 Å². The number of allylic oxidation sites excluding steroid dienone is 3. The van der Waals surface area contributed by atoms with Crippen molar-refractivity contribution in [1.29, 1.82) is 0 Å². The number of carbonyl (C=O) groups excluding carboxylic acids is 2. The number of ether oxygens (including phenoxy) is 1. The maximum atomic E-state index is 12.9. The first kappa shape index (κ1) is 23.1. The molecule has 29 heavy (non-hydrogen) atoms. The number of unbranched alkanes of at least 4 members (excludes halogenated alkanes) is 3. The summed E-state index contributed by atoms with van der Waals surface area (Å²) >= 11 is 0. The molecule has 0 saturated heterocycles. The van der Waals surface area contributed by atoms with Gasteiger partial charge in [0.25, 0.3) is 0 Å². The summed E-state index contributed by atoms with van der Waals surface area (Å²) in [7, 11) is 1.40. The van der Waals surface area contributed by atoms with Crippen molar-refractivity contribution < 1.29 is 19.4 Å². The number of benzene rings is 1. The fourth-order valence-electron chi connectivity index (χ4n) is 3.86. The topological polar surface area (TPSA) is 63.6 Å². The zero-order chi connectivity index (χ0) is 21.1. The Bertz CT molecular complexity index is 719. The van der Waals surface area contributed by atoms with E-state index in [9.17, 15) is 14.7 Å². The summed E-state index contributed by atoms with van der Waals surface area (Å²) in [6, 6.07) is 7.79. The van der Waals surface area contributed by atoms with Crippen LogP contribution >= 0.6 is 0 Å². The van der Waals surface area contributed by atoms with Gasteiger partial charge in [-0.25, -0.2) is 0 Å². The van der Waals surface area contributed by atoms with Crippen LogP contribution in [0.25, 0.3) is 0 Å². The molecule has 0 saturated carbocycles. The number of aliphatic hydroxyl groups excluding tert-OH is 1. The molecule has 1 aliphatic rings. The molecule has 0 heterocycles. The Morgan fingerprint density at radius 3 is 2.76 bits per heavy atom. The summed E-state index contributed by atoms with van der Waals surface area (Å²) in [5, 5.41) is 10.3. The molecule has 1 unspecified atom stereocenters. The van der Waals surface area contributed by atoms with Crippen molar-refractivity contribution in [2.75, 3.05) is 7.11 Å². The number of aliphatic hydroxyl groups is 1. The van der Waals surface area contributed by atoms with Crippen LogP contribution in [-0.2, 0) is 9.53 Å². The number of hydrogen-bond donors (Lipinski definition) is 1. The van der Waals surface area contributed by atoms with Crippen LogP contribution in [0.2, 0.25) is 0 Å². The lowest BCUT2D eigenvalue weighted by Crippen LogP contribution is -2.12. The van der Waals surface area contributed by atoms with E-state index >= 15 is 0 Å². The first-order valence-corrected chi connectivity index (χ1v) is 10.8. The van der Waals surface area contributed by atoms with E-state index in [0.29, 0.717) is 12.8 Å². The largest absolute Gasteiger partial charge is 0.469 e. The minimum atomic E-state index is -0.459. The zero-order valence-corrected chi connectivity index (χ0v) is 17.7. The minimum absolute atomic E-state index is 0.000700. The highest BCUT2D eigenvalue weighted by Gasteiger charge is 2.37. The lowest BCUT2D eigenvalue weighted by atomic mass is 9.88. The van der Waals surface area contributed by atoms with Gasteiger partial charge in [0, 0.05) is 23.8 Å². The fourth-order valence-corrected chi connectivity index (χ4v) is 3.86. The van der Waals surface area contributed by atoms with Gasteiger partial charge in [0.1, 0.15) is 0 Å². The monoisotopic (exact) mass is 398 g/mol. The molecule has 0 aliphatic heterocycles. The minimum Gasteiger partial charge on any atom is -0.469 e. The van der Waals surface area contributed by atoms with Crippen LogP contribution in [-0.4, -0.2) is 30.1 Å². The molecule has 1 aromatic rings. The van der Waals surface area contributed by atoms with Crippen LogP contribution in [0.1, 0.15) is 80.1 Å². The summed E-state index contributed by atoms with van der Waals surface area (Å²) < 4.78 is 4.64. The van der Waals surface area contributed by atoms with Crippen LogP contribution < -0.4 is 0 Å². The molecule has 4 heteroatoms. The van der Waals surface area contributed by atoms with Gasteiger partial charge in [0.15, 0.2) is 5.78 Å². The van der Waals surface area contributed by atoms with Gasteiger partial charge in [-0.2, -0.15) is 0 Å². The predicted octanol–water partition coefficient (Wildman–Crippen LogP) is 5.37. The van der Waals surface area contributed by atoms with E-state index in [4.69, 9.17) is 0 Å². The Morgan fingerprint density at radius 1 is 1.21 bits per heavy atom. The van der Waals surface area contributed by atoms with Gasteiger partial charge in [-0.15, -0.1) is 0 Å². The van der Waals surface area contributed by atoms with Crippen LogP contribution in [0.5, 0.6) is 0 Å². The van der Waals surface area contributed by atoms with Crippen LogP contribution in [0, 0.1) is 5.92 Å². The Balaban J connectivity index is 1.99. The van der Waals surface area contributed by atoms with E-state index in [-0.39, 0.29) is 23.6 Å². The molecule has 2 rings (SSSR count). The molecule has 3 atom stereocenters. The van der Waals surface area contributed by atoms with Crippen LogP contribution in [0.3, 0.4) is 0 Å². The first-order valence-electron chi connectivity index (χ1n) is 10.8. The number of carbonyl (C=O) groups is 2. The maximum Gasteiger partial charge on any atom is 0.305 e. The van der Waals surface area contributed by atoms with Gasteiger partial charge in [-0.05, 0) is 31.2 Å². The highest BCUT2D eigenvalue weighted by Crippen LogP contribution is 2.41. The molecule has 1 N–H and O–H groups in total. The second kappa shape index (κ2) is 12.4. The number of methoxy groups -OCH3 is 1. The maximum absolute atomic E-state index is 12.9. The third-order valence-electron chi connectivity index (χ3n) is 5.54. The molecular weight excluding hydrogens is 364 g/mol. The Kier molecular flexibility index (Phi) is 9.85. The van der Waals surface area contributed by atoms with Crippen molar-refractivity contribution in [2.24, 2.45) is 5.92 Å². The molecule has 0 aromatic heterocycles. The van der Waals surface area contributed by atoms with Gasteiger partial charge in [-0.1, -0.05) is 74.8 Å². The van der Waals surface area contributed by atoms with Gasteiger partial charge in [0.2, 0.25) is 0 Å². The standard InChI is InChI=1S/C25H34O4/c1-3-4-7-12-19(26)17-18-21-20-13-10-11-15-22(20)25(28)23(21)14-8-5-6-9-16-24(27)29-2/h5,8,10-11,13,15,17-19,21,23,26H,3-4,6-7,9,12,14,16H2,1-2H3/b8-5-,18-17?/t19?,21-,23+/m0/s1. The summed E-state index contributed by atoms with van der Waals surface area (Å²) in [5.41, 5.74) is 1.85. The summed E-state index contributed by atoms with van der Waals surface area (Å²) in [5.74, 6) is -0.153. The molecule has 0 fully saturated rings. The summed E-state index contributed by atoms with van der Waals surface area (Å²) in [6.07, 6.45) is 14.2. The second-order valence-electron chi connectivity index (χ2n) is 7.71. The van der Waals surface area contributed by atoms with Gasteiger partial charge < -0.3 is 9.84 Å². The van der Waals surface area contributed by atoms with E-state index in [0.717, 1.165) is 49.7 Å². The Morgan fingerprint density at radius 2 is 2.00 bits per heavy atom. The van der Waals surface area contributed by atoms with E-state index in [1.165, 1.54) is 7.11 Å². The normalized spacial score (nSPS) is 19.8. The van der Waals surface area contributed by atoms with Gasteiger partial charge in [0.05, 0.1) is 13.2 Å². The molecule has 0 spiro atoms. The molecule has 0 radical (unpaired) electrons. The molecule has 0 bridgehead atoms. The Hall–Kier alpha value is -2.20. The lowest BCUT2D eigenvalue weighted by molar-refractivity contribution is -0.140. The summed E-state index contributed by atoms with van der Waals surface area (Å²) in [4.78, 5) is 24.1. The smallest absolute Gasteiger partial charge is 0.305 e. The van der Waals surface area contributed by atoms with Crippen molar-refractivity contribution in [3.8, 4) is 0 Å². The number of hydrogen-bond acceptors (Lipinski definition) is 4. The molecule has 0 amide bonds. The van der Waals surface area contributed by atoms with Crippen molar-refractivity contribution in [2.45, 2.75) is 70.3 Å². The van der Waals surface area contributed by atoms with E-state index in [2.05, 4.69) is 11.7 Å². The lowest BCUT2D eigenvalue weighted by Gasteiger charge is -2.15. The molecular formula is C25H34O4. The first-order chi connectivity index (χ1) is 14.1. The van der Waals surface area contributed by atoms with Crippen molar-refractivity contribution >= 4 is 11.8 Å². The second-order valence-corrected chi connectivity index (χ2v) is 7.71. The van der Waals surface area contributed by atoms with Crippen molar-refractivity contribution in [3.05, 3.63) is 59.7 Å². The molecule has 1 aromatic carbocycles. The highest BCUT2D eigenvalue weighted by atomic mass is 16.5. The number of esters is 1. The quantitative estimate of drug-likeness (QED) is 0.292. The number of Topliss-reactive ketones (excluding diaryl/α,β-unsaturated/α-hetero) is 1. The molecule has 158 valence electrons. The van der Waals surface area contributed by atoms with Crippen LogP contribution in [0.4, 0.5) is 0 Å². The Labute approximate surface area is 174 Å². The SMILES string of the molecule is CCCCCC(O)C=C[C@H]1c2ccccc2C(=O)[C@@H]1C/C=C\CCCC(=O)OC. The van der Waals surface area contributed by atoms with Crippen LogP contribution in [0.15, 0.2) is 48.6 Å².